The molecule has 0 heterocycles. The molecule has 2 saturated carbocycles. The summed E-state index contributed by atoms with van der Waals surface area (Å²) in [6, 6.07) is 1.30. The standard InChI is InChI=1S/C22H43N/c1-17(2)21(13-9-7-10-14-21)19(5)23-20(6)22(18(3)4)15-11-8-12-16-22/h17-20,23H,7-16H2,1-6H3. The predicted octanol–water partition coefficient (Wildman–Crippen LogP) is 6.57. The zero-order valence-electron chi connectivity index (χ0n) is 16.9. The second kappa shape index (κ2) is 7.89. The molecular weight excluding hydrogens is 278 g/mol. The second-order valence-corrected chi connectivity index (χ2v) is 9.51. The Morgan fingerprint density at radius 3 is 1.09 bits per heavy atom. The van der Waals surface area contributed by atoms with Gasteiger partial charge in [0.15, 0.2) is 0 Å². The van der Waals surface area contributed by atoms with Gasteiger partial charge in [0, 0.05) is 12.1 Å². The van der Waals surface area contributed by atoms with Crippen LogP contribution in [-0.4, -0.2) is 12.1 Å². The minimum absolute atomic E-state index is 0.527. The van der Waals surface area contributed by atoms with E-state index in [1.165, 1.54) is 64.2 Å². The van der Waals surface area contributed by atoms with E-state index in [0.29, 0.717) is 22.9 Å². The molecule has 136 valence electrons. The highest BCUT2D eigenvalue weighted by molar-refractivity contribution is 4.99. The Hall–Kier alpha value is -0.0400. The van der Waals surface area contributed by atoms with Gasteiger partial charge in [-0.3, -0.25) is 0 Å². The van der Waals surface area contributed by atoms with Crippen molar-refractivity contribution in [2.45, 2.75) is 118 Å². The van der Waals surface area contributed by atoms with Crippen molar-refractivity contribution in [2.75, 3.05) is 0 Å². The van der Waals surface area contributed by atoms with Crippen molar-refractivity contribution in [3.63, 3.8) is 0 Å². The first-order valence-electron chi connectivity index (χ1n) is 10.6. The molecule has 0 aromatic carbocycles. The normalized spacial score (nSPS) is 27.1. The van der Waals surface area contributed by atoms with Gasteiger partial charge in [-0.1, -0.05) is 66.2 Å². The summed E-state index contributed by atoms with van der Waals surface area (Å²) in [7, 11) is 0. The lowest BCUT2D eigenvalue weighted by molar-refractivity contribution is 0.0234. The first-order valence-corrected chi connectivity index (χ1v) is 10.6. The molecule has 0 radical (unpaired) electrons. The SMILES string of the molecule is CC(C)C1(C(C)NC(C)C2(C(C)C)CCCCC2)CCCCC1. The van der Waals surface area contributed by atoms with Crippen molar-refractivity contribution in [3.8, 4) is 0 Å². The minimum Gasteiger partial charge on any atom is -0.311 e. The molecule has 1 heteroatoms. The van der Waals surface area contributed by atoms with Gasteiger partial charge in [0.2, 0.25) is 0 Å². The lowest BCUT2D eigenvalue weighted by Gasteiger charge is -2.51. The minimum atomic E-state index is 0.527. The van der Waals surface area contributed by atoms with Gasteiger partial charge >= 0.3 is 0 Å². The Bertz CT molecular complexity index is 311. The van der Waals surface area contributed by atoms with Gasteiger partial charge in [-0.2, -0.15) is 0 Å². The Balaban J connectivity index is 2.11. The van der Waals surface area contributed by atoms with E-state index in [0.717, 1.165) is 11.8 Å². The van der Waals surface area contributed by atoms with Crippen molar-refractivity contribution in [3.05, 3.63) is 0 Å². The average molecular weight is 322 g/mol. The van der Waals surface area contributed by atoms with Crippen molar-refractivity contribution in [2.24, 2.45) is 22.7 Å². The predicted molar refractivity (Wildman–Crippen MR) is 103 cm³/mol. The lowest BCUT2D eigenvalue weighted by Crippen LogP contribution is -2.56. The highest BCUT2D eigenvalue weighted by Gasteiger charge is 2.44. The Kier molecular flexibility index (Phi) is 6.62. The highest BCUT2D eigenvalue weighted by Crippen LogP contribution is 2.48. The maximum atomic E-state index is 4.16. The van der Waals surface area contributed by atoms with Crippen molar-refractivity contribution < 1.29 is 0 Å². The number of nitrogens with one attached hydrogen (secondary N) is 1. The molecule has 0 aliphatic heterocycles. The van der Waals surface area contributed by atoms with Crippen LogP contribution in [0, 0.1) is 22.7 Å². The first kappa shape index (κ1) is 19.3. The van der Waals surface area contributed by atoms with E-state index in [1.807, 2.05) is 0 Å². The molecule has 0 bridgehead atoms. The fraction of sp³-hybridized carbons (Fsp3) is 1.00. The maximum absolute atomic E-state index is 4.16. The Morgan fingerprint density at radius 2 is 0.826 bits per heavy atom. The van der Waals surface area contributed by atoms with Crippen LogP contribution in [0.25, 0.3) is 0 Å². The van der Waals surface area contributed by atoms with Crippen LogP contribution in [-0.2, 0) is 0 Å². The van der Waals surface area contributed by atoms with Crippen LogP contribution in [0.2, 0.25) is 0 Å². The van der Waals surface area contributed by atoms with Crippen LogP contribution in [0.3, 0.4) is 0 Å². The van der Waals surface area contributed by atoms with Crippen LogP contribution >= 0.6 is 0 Å². The monoisotopic (exact) mass is 321 g/mol. The van der Waals surface area contributed by atoms with Gasteiger partial charge in [0.05, 0.1) is 0 Å². The van der Waals surface area contributed by atoms with E-state index >= 15 is 0 Å². The van der Waals surface area contributed by atoms with E-state index in [1.54, 1.807) is 0 Å². The van der Waals surface area contributed by atoms with Crippen LogP contribution in [0.4, 0.5) is 0 Å². The Morgan fingerprint density at radius 1 is 0.522 bits per heavy atom. The van der Waals surface area contributed by atoms with E-state index in [4.69, 9.17) is 0 Å². The molecule has 1 N–H and O–H groups in total. The summed E-state index contributed by atoms with van der Waals surface area (Å²) in [4.78, 5) is 0. The number of rotatable bonds is 6. The largest absolute Gasteiger partial charge is 0.311 e. The van der Waals surface area contributed by atoms with Crippen LogP contribution in [0.1, 0.15) is 106 Å². The Labute approximate surface area is 146 Å². The van der Waals surface area contributed by atoms with Gasteiger partial charge in [-0.05, 0) is 62.2 Å². The maximum Gasteiger partial charge on any atom is 0.0100 e. The molecule has 2 fully saturated rings. The molecule has 0 amide bonds. The first-order chi connectivity index (χ1) is 10.8. The quantitative estimate of drug-likeness (QED) is 0.583. The molecule has 2 atom stereocenters. The lowest BCUT2D eigenvalue weighted by atomic mass is 9.60. The molecule has 2 aliphatic carbocycles. The number of hydrogen-bond donors (Lipinski definition) is 1. The molecule has 2 aliphatic rings. The molecule has 0 aromatic heterocycles. The zero-order chi connectivity index (χ0) is 17.1. The molecular formula is C22H43N. The smallest absolute Gasteiger partial charge is 0.0100 e. The molecule has 23 heavy (non-hydrogen) atoms. The van der Waals surface area contributed by atoms with Crippen LogP contribution in [0.5, 0.6) is 0 Å². The molecule has 0 saturated heterocycles. The molecule has 0 spiro atoms. The van der Waals surface area contributed by atoms with E-state index in [2.05, 4.69) is 46.9 Å². The second-order valence-electron chi connectivity index (χ2n) is 9.51. The fourth-order valence-electron chi connectivity index (χ4n) is 6.15. The third-order valence-corrected chi connectivity index (χ3v) is 8.09. The topological polar surface area (TPSA) is 12.0 Å². The van der Waals surface area contributed by atoms with Gasteiger partial charge in [-0.15, -0.1) is 0 Å². The van der Waals surface area contributed by atoms with Crippen molar-refractivity contribution >= 4 is 0 Å². The third-order valence-electron chi connectivity index (χ3n) is 8.09. The van der Waals surface area contributed by atoms with Gasteiger partial charge < -0.3 is 5.32 Å². The summed E-state index contributed by atoms with van der Waals surface area (Å²) >= 11 is 0. The molecule has 2 rings (SSSR count). The van der Waals surface area contributed by atoms with E-state index in [-0.39, 0.29) is 0 Å². The van der Waals surface area contributed by atoms with Gasteiger partial charge in [0.1, 0.15) is 0 Å². The van der Waals surface area contributed by atoms with E-state index in [9.17, 15) is 0 Å². The molecule has 2 unspecified atom stereocenters. The van der Waals surface area contributed by atoms with Gasteiger partial charge in [0.25, 0.3) is 0 Å². The summed E-state index contributed by atoms with van der Waals surface area (Å²) in [6.45, 7) is 14.9. The summed E-state index contributed by atoms with van der Waals surface area (Å²) in [5.41, 5.74) is 1.05. The average Bonchev–Trinajstić information content (AvgIpc) is 2.55. The van der Waals surface area contributed by atoms with Gasteiger partial charge in [-0.25, -0.2) is 0 Å². The van der Waals surface area contributed by atoms with Crippen LogP contribution in [0.15, 0.2) is 0 Å². The number of hydrogen-bond acceptors (Lipinski definition) is 1. The summed E-state index contributed by atoms with van der Waals surface area (Å²) in [6.07, 6.45) is 14.4. The molecule has 1 nitrogen and oxygen atoms in total. The third kappa shape index (κ3) is 3.80. The summed E-state index contributed by atoms with van der Waals surface area (Å²) < 4.78 is 0. The van der Waals surface area contributed by atoms with Crippen LogP contribution < -0.4 is 5.32 Å². The molecule has 0 aromatic rings. The van der Waals surface area contributed by atoms with Crippen molar-refractivity contribution in [1.82, 2.24) is 5.32 Å². The zero-order valence-corrected chi connectivity index (χ0v) is 16.9. The van der Waals surface area contributed by atoms with E-state index < -0.39 is 0 Å². The van der Waals surface area contributed by atoms with Crippen molar-refractivity contribution in [1.29, 1.82) is 0 Å². The summed E-state index contributed by atoms with van der Waals surface area (Å²) in [5, 5.41) is 4.16. The summed E-state index contributed by atoms with van der Waals surface area (Å²) in [5.74, 6) is 1.58. The highest BCUT2D eigenvalue weighted by atomic mass is 15.0. The fourth-order valence-corrected chi connectivity index (χ4v) is 6.15.